The summed E-state index contributed by atoms with van der Waals surface area (Å²) < 4.78 is 10.3. The van der Waals surface area contributed by atoms with Crippen molar-refractivity contribution in [2.24, 2.45) is 0 Å². The molecule has 0 aliphatic carbocycles. The van der Waals surface area contributed by atoms with Gasteiger partial charge >= 0.3 is 0 Å². The van der Waals surface area contributed by atoms with E-state index in [4.69, 9.17) is 9.47 Å². The molecular weight excluding hydrogens is 280 g/mol. The molecule has 0 unspecified atom stereocenters. The topological polar surface area (TPSA) is 59.6 Å². The van der Waals surface area contributed by atoms with E-state index in [0.717, 1.165) is 13.1 Å². The second kappa shape index (κ2) is 11.5. The van der Waals surface area contributed by atoms with Gasteiger partial charge in [-0.3, -0.25) is 4.79 Å². The van der Waals surface area contributed by atoms with Gasteiger partial charge in [-0.25, -0.2) is 0 Å². The molecule has 1 aromatic carbocycles. The number of methoxy groups -OCH3 is 1. The molecule has 1 aromatic rings. The Morgan fingerprint density at radius 1 is 1.25 bits per heavy atom. The molecule has 5 nitrogen and oxygen atoms in total. The molecule has 0 spiro atoms. The predicted octanol–water partition coefficient (Wildman–Crippen LogP) is 1.47. The Hall–Kier alpha value is -1.30. The summed E-state index contributed by atoms with van der Waals surface area (Å²) in [7, 11) is 1.66. The smallest absolute Gasteiger partial charge is 0.251 e. The minimum atomic E-state index is -0.0879. The molecule has 0 aliphatic rings. The van der Waals surface area contributed by atoms with E-state index in [1.54, 1.807) is 19.2 Å². The summed E-state index contributed by atoms with van der Waals surface area (Å²) >= 11 is 0. The van der Waals surface area contributed by atoms with Gasteiger partial charge in [0.05, 0.1) is 13.2 Å². The summed E-state index contributed by atoms with van der Waals surface area (Å²) in [4.78, 5) is 11.9. The number of ether oxygens (including phenoxy) is 2. The van der Waals surface area contributed by atoms with Crippen LogP contribution in [0.15, 0.2) is 24.3 Å². The number of rotatable bonds is 9. The molecule has 0 radical (unpaired) electrons. The number of carbonyl (C=O) groups excluding carboxylic acids is 1. The first-order chi connectivity index (χ1) is 9.27. The van der Waals surface area contributed by atoms with Crippen LogP contribution < -0.4 is 15.4 Å². The van der Waals surface area contributed by atoms with Crippen molar-refractivity contribution in [3.63, 3.8) is 0 Å². The van der Waals surface area contributed by atoms with Gasteiger partial charge in [-0.15, -0.1) is 12.4 Å². The normalized spacial score (nSPS) is 9.70. The van der Waals surface area contributed by atoms with Crippen LogP contribution in [-0.4, -0.2) is 45.9 Å². The Bertz CT molecular complexity index is 388. The Morgan fingerprint density at radius 2 is 2.05 bits per heavy atom. The molecule has 0 aliphatic heterocycles. The highest BCUT2D eigenvalue weighted by Crippen LogP contribution is 2.12. The van der Waals surface area contributed by atoms with Crippen LogP contribution in [0.3, 0.4) is 0 Å². The fourth-order valence-electron chi connectivity index (χ4n) is 1.56. The standard InChI is InChI=1S/C14H22N2O3.ClH/c1-3-19-13-6-4-5-12(11-13)14(17)16-8-7-15-9-10-18-2;/h4-6,11,15H,3,7-10H2,1-2H3,(H,16,17);1H. The molecule has 2 N–H and O–H groups in total. The van der Waals surface area contributed by atoms with Gasteiger partial charge in [0.25, 0.3) is 5.91 Å². The van der Waals surface area contributed by atoms with Crippen LogP contribution in [0, 0.1) is 0 Å². The third-order valence-corrected chi connectivity index (χ3v) is 2.48. The van der Waals surface area contributed by atoms with Crippen LogP contribution in [0.25, 0.3) is 0 Å². The second-order valence-electron chi connectivity index (χ2n) is 3.96. The average Bonchev–Trinajstić information content (AvgIpc) is 2.43. The number of amides is 1. The molecule has 0 aromatic heterocycles. The van der Waals surface area contributed by atoms with Crippen LogP contribution >= 0.6 is 12.4 Å². The van der Waals surface area contributed by atoms with Crippen molar-refractivity contribution < 1.29 is 14.3 Å². The summed E-state index contributed by atoms with van der Waals surface area (Å²) in [6.07, 6.45) is 0. The van der Waals surface area contributed by atoms with Gasteiger partial charge < -0.3 is 20.1 Å². The number of hydrogen-bond acceptors (Lipinski definition) is 4. The van der Waals surface area contributed by atoms with Gasteiger partial charge in [0.15, 0.2) is 0 Å². The largest absolute Gasteiger partial charge is 0.494 e. The zero-order valence-electron chi connectivity index (χ0n) is 12.0. The summed E-state index contributed by atoms with van der Waals surface area (Å²) in [6, 6.07) is 7.18. The number of carbonyl (C=O) groups is 1. The fraction of sp³-hybridized carbons (Fsp3) is 0.500. The first kappa shape index (κ1) is 18.7. The van der Waals surface area contributed by atoms with Crippen molar-refractivity contribution >= 4 is 18.3 Å². The van der Waals surface area contributed by atoms with E-state index in [9.17, 15) is 4.79 Å². The molecule has 1 amide bonds. The third-order valence-electron chi connectivity index (χ3n) is 2.48. The molecule has 20 heavy (non-hydrogen) atoms. The minimum absolute atomic E-state index is 0. The fourth-order valence-corrected chi connectivity index (χ4v) is 1.56. The number of hydrogen-bond donors (Lipinski definition) is 2. The highest BCUT2D eigenvalue weighted by Gasteiger charge is 2.05. The summed E-state index contributed by atoms with van der Waals surface area (Å²) in [5.74, 6) is 0.628. The average molecular weight is 303 g/mol. The van der Waals surface area contributed by atoms with Gasteiger partial charge in [-0.05, 0) is 25.1 Å². The Balaban J connectivity index is 0.00000361. The molecule has 114 valence electrons. The highest BCUT2D eigenvalue weighted by atomic mass is 35.5. The van der Waals surface area contributed by atoms with Crippen molar-refractivity contribution in [1.29, 1.82) is 0 Å². The van der Waals surface area contributed by atoms with Gasteiger partial charge in [-0.1, -0.05) is 6.07 Å². The molecule has 0 saturated heterocycles. The van der Waals surface area contributed by atoms with Crippen molar-refractivity contribution in [1.82, 2.24) is 10.6 Å². The molecular formula is C14H23ClN2O3. The van der Waals surface area contributed by atoms with Crippen LogP contribution in [0.1, 0.15) is 17.3 Å². The molecule has 1 rings (SSSR count). The van der Waals surface area contributed by atoms with Crippen LogP contribution in [-0.2, 0) is 4.74 Å². The zero-order valence-corrected chi connectivity index (χ0v) is 12.8. The molecule has 0 atom stereocenters. The Morgan fingerprint density at radius 3 is 2.75 bits per heavy atom. The lowest BCUT2D eigenvalue weighted by Crippen LogP contribution is -2.33. The lowest BCUT2D eigenvalue weighted by atomic mass is 10.2. The van der Waals surface area contributed by atoms with Crippen molar-refractivity contribution in [3.8, 4) is 5.75 Å². The Labute approximate surface area is 126 Å². The second-order valence-corrected chi connectivity index (χ2v) is 3.96. The summed E-state index contributed by atoms with van der Waals surface area (Å²) in [5, 5.41) is 6.01. The quantitative estimate of drug-likeness (QED) is 0.678. The van der Waals surface area contributed by atoms with Crippen LogP contribution in [0.2, 0.25) is 0 Å². The van der Waals surface area contributed by atoms with Gasteiger partial charge in [0.1, 0.15) is 5.75 Å². The van der Waals surface area contributed by atoms with E-state index in [2.05, 4.69) is 10.6 Å². The third kappa shape index (κ3) is 7.33. The number of nitrogens with one attached hydrogen (secondary N) is 2. The van der Waals surface area contributed by atoms with Crippen molar-refractivity contribution in [3.05, 3.63) is 29.8 Å². The first-order valence-electron chi connectivity index (χ1n) is 6.48. The number of halogens is 1. The summed E-state index contributed by atoms with van der Waals surface area (Å²) in [6.45, 7) is 5.27. The summed E-state index contributed by atoms with van der Waals surface area (Å²) in [5.41, 5.74) is 0.614. The van der Waals surface area contributed by atoms with E-state index in [-0.39, 0.29) is 18.3 Å². The molecule has 0 heterocycles. The van der Waals surface area contributed by atoms with Gasteiger partial charge in [0.2, 0.25) is 0 Å². The van der Waals surface area contributed by atoms with E-state index in [1.807, 2.05) is 19.1 Å². The minimum Gasteiger partial charge on any atom is -0.494 e. The van der Waals surface area contributed by atoms with E-state index >= 15 is 0 Å². The van der Waals surface area contributed by atoms with Crippen LogP contribution in [0.5, 0.6) is 5.75 Å². The molecule has 0 saturated carbocycles. The predicted molar refractivity (Wildman–Crippen MR) is 81.9 cm³/mol. The first-order valence-corrected chi connectivity index (χ1v) is 6.48. The maximum absolute atomic E-state index is 11.9. The maximum atomic E-state index is 11.9. The Kier molecular flexibility index (Phi) is 10.8. The molecule has 0 bridgehead atoms. The number of benzene rings is 1. The van der Waals surface area contributed by atoms with Crippen molar-refractivity contribution in [2.45, 2.75) is 6.92 Å². The lowest BCUT2D eigenvalue weighted by molar-refractivity contribution is 0.0953. The SMILES string of the molecule is CCOc1cccc(C(=O)NCCNCCOC)c1.Cl. The molecule has 6 heteroatoms. The van der Waals surface area contributed by atoms with Crippen molar-refractivity contribution in [2.75, 3.05) is 40.0 Å². The monoisotopic (exact) mass is 302 g/mol. The maximum Gasteiger partial charge on any atom is 0.251 e. The zero-order chi connectivity index (χ0) is 13.9. The van der Waals surface area contributed by atoms with E-state index in [0.29, 0.717) is 31.1 Å². The van der Waals surface area contributed by atoms with Gasteiger partial charge in [-0.2, -0.15) is 0 Å². The van der Waals surface area contributed by atoms with E-state index < -0.39 is 0 Å². The highest BCUT2D eigenvalue weighted by molar-refractivity contribution is 5.94. The van der Waals surface area contributed by atoms with Gasteiger partial charge in [0, 0.05) is 32.3 Å². The van der Waals surface area contributed by atoms with E-state index in [1.165, 1.54) is 0 Å². The molecule has 0 fully saturated rings. The van der Waals surface area contributed by atoms with Crippen LogP contribution in [0.4, 0.5) is 0 Å². The lowest BCUT2D eigenvalue weighted by Gasteiger charge is -2.08.